The zero-order valence-corrected chi connectivity index (χ0v) is 18.8. The molecule has 3 aromatic heterocycles. The van der Waals surface area contributed by atoms with E-state index in [-0.39, 0.29) is 12.1 Å². The Balaban J connectivity index is 1.64. The van der Waals surface area contributed by atoms with Crippen LogP contribution in [0.2, 0.25) is 5.02 Å². The summed E-state index contributed by atoms with van der Waals surface area (Å²) < 4.78 is 7.39. The van der Waals surface area contributed by atoms with E-state index in [1.165, 1.54) is 0 Å². The molecule has 1 saturated heterocycles. The number of hydrogen-bond acceptors (Lipinski definition) is 4. The third kappa shape index (κ3) is 3.70. The molecule has 1 aromatic carbocycles. The minimum absolute atomic E-state index is 0.147. The number of halogens is 1. The maximum absolute atomic E-state index is 6.06. The van der Waals surface area contributed by atoms with Crippen LogP contribution in [0.15, 0.2) is 85.3 Å². The fraction of sp³-hybridized carbons (Fsp3) is 0.125. The van der Waals surface area contributed by atoms with E-state index < -0.39 is 0 Å². The molecule has 32 heavy (non-hydrogen) atoms. The molecule has 0 saturated carbocycles. The molecular formula is C24H20ClN5OS. The minimum Gasteiger partial charge on any atom is -0.497 e. The van der Waals surface area contributed by atoms with Crippen LogP contribution >= 0.6 is 23.8 Å². The highest BCUT2D eigenvalue weighted by Gasteiger charge is 2.42. The molecule has 1 aliphatic rings. The predicted octanol–water partition coefficient (Wildman–Crippen LogP) is 5.11. The molecule has 0 spiro atoms. The van der Waals surface area contributed by atoms with Gasteiger partial charge in [-0.05, 0) is 72.9 Å². The third-order valence-corrected chi connectivity index (χ3v) is 6.03. The molecule has 0 unspecified atom stereocenters. The van der Waals surface area contributed by atoms with E-state index in [1.807, 2.05) is 66.9 Å². The Morgan fingerprint density at radius 3 is 2.53 bits per heavy atom. The molecule has 8 heteroatoms. The highest BCUT2D eigenvalue weighted by Crippen LogP contribution is 2.42. The van der Waals surface area contributed by atoms with Crippen LogP contribution in [0.1, 0.15) is 23.5 Å². The first-order valence-electron chi connectivity index (χ1n) is 10.1. The average molecular weight is 462 g/mol. The molecule has 160 valence electrons. The van der Waals surface area contributed by atoms with Crippen LogP contribution in [-0.4, -0.2) is 26.8 Å². The van der Waals surface area contributed by atoms with Crippen molar-refractivity contribution >= 4 is 34.6 Å². The molecular weight excluding hydrogens is 442 g/mol. The second kappa shape index (κ2) is 8.61. The van der Waals surface area contributed by atoms with Crippen molar-refractivity contribution in [2.75, 3.05) is 12.0 Å². The van der Waals surface area contributed by atoms with Gasteiger partial charge in [0.2, 0.25) is 0 Å². The van der Waals surface area contributed by atoms with Gasteiger partial charge in [-0.1, -0.05) is 17.7 Å². The van der Waals surface area contributed by atoms with E-state index >= 15 is 0 Å². The number of nitrogens with one attached hydrogen (secondary N) is 1. The summed E-state index contributed by atoms with van der Waals surface area (Å²) in [6.07, 6.45) is 5.44. The second-order valence-corrected chi connectivity index (χ2v) is 8.16. The SMILES string of the molecule is COc1ccc(N2C(=S)N[C@H](c3ccccn3)[C@@H]2c2cccn2-c2ccc(Cl)cn2)cc1. The standard InChI is InChI=1S/C24H20ClN5OS/c1-31-18-10-8-17(9-11-18)30-23(22(28-24(30)32)19-5-2-3-13-26-19)20-6-4-14-29(20)21-12-7-16(25)15-27-21/h2-15,22-23H,1H3,(H,28,32)/t22-,23+/m1/s1. The first-order chi connectivity index (χ1) is 15.7. The van der Waals surface area contributed by atoms with Crippen LogP contribution in [0.4, 0.5) is 5.69 Å². The number of nitrogens with zero attached hydrogens (tertiary/aromatic N) is 4. The van der Waals surface area contributed by atoms with Gasteiger partial charge in [-0.15, -0.1) is 0 Å². The lowest BCUT2D eigenvalue weighted by molar-refractivity contribution is 0.415. The van der Waals surface area contributed by atoms with E-state index in [2.05, 4.69) is 30.8 Å². The molecule has 4 aromatic rings. The number of aromatic nitrogens is 3. The van der Waals surface area contributed by atoms with Crippen molar-refractivity contribution < 1.29 is 4.74 Å². The smallest absolute Gasteiger partial charge is 0.174 e. The summed E-state index contributed by atoms with van der Waals surface area (Å²) in [5, 5.41) is 4.71. The van der Waals surface area contributed by atoms with Crippen LogP contribution in [0.25, 0.3) is 5.82 Å². The predicted molar refractivity (Wildman–Crippen MR) is 129 cm³/mol. The van der Waals surface area contributed by atoms with Crippen molar-refractivity contribution in [3.8, 4) is 11.6 Å². The molecule has 6 nitrogen and oxygen atoms in total. The van der Waals surface area contributed by atoms with Crippen molar-refractivity contribution in [3.63, 3.8) is 0 Å². The molecule has 1 fully saturated rings. The lowest BCUT2D eigenvalue weighted by Crippen LogP contribution is -2.30. The molecule has 1 aliphatic heterocycles. The van der Waals surface area contributed by atoms with Crippen molar-refractivity contribution in [3.05, 3.63) is 102 Å². The lowest BCUT2D eigenvalue weighted by Gasteiger charge is -2.29. The van der Waals surface area contributed by atoms with Crippen molar-refractivity contribution in [1.29, 1.82) is 0 Å². The van der Waals surface area contributed by atoms with Gasteiger partial charge in [-0.2, -0.15) is 0 Å². The summed E-state index contributed by atoms with van der Waals surface area (Å²) in [6.45, 7) is 0. The summed E-state index contributed by atoms with van der Waals surface area (Å²) in [5.41, 5.74) is 2.90. The first-order valence-corrected chi connectivity index (χ1v) is 10.9. The van der Waals surface area contributed by atoms with Crippen molar-refractivity contribution in [2.45, 2.75) is 12.1 Å². The van der Waals surface area contributed by atoms with Gasteiger partial charge in [0.25, 0.3) is 0 Å². The maximum Gasteiger partial charge on any atom is 0.174 e. The van der Waals surface area contributed by atoms with Gasteiger partial charge in [0.15, 0.2) is 5.11 Å². The van der Waals surface area contributed by atoms with Gasteiger partial charge in [0.05, 0.1) is 23.9 Å². The Kier molecular flexibility index (Phi) is 5.51. The summed E-state index contributed by atoms with van der Waals surface area (Å²) in [7, 11) is 1.66. The van der Waals surface area contributed by atoms with Crippen molar-refractivity contribution in [2.24, 2.45) is 0 Å². The number of hydrogen-bond donors (Lipinski definition) is 1. The Morgan fingerprint density at radius 2 is 1.84 bits per heavy atom. The number of thiocarbonyl (C=S) groups is 1. The Bertz CT molecular complexity index is 1230. The molecule has 5 rings (SSSR count). The zero-order chi connectivity index (χ0) is 22.1. The Labute approximate surface area is 196 Å². The van der Waals surface area contributed by atoms with Gasteiger partial charge >= 0.3 is 0 Å². The molecule has 4 heterocycles. The fourth-order valence-corrected chi connectivity index (χ4v) is 4.49. The molecule has 0 radical (unpaired) electrons. The minimum atomic E-state index is -0.154. The van der Waals surface area contributed by atoms with Crippen LogP contribution in [-0.2, 0) is 0 Å². The van der Waals surface area contributed by atoms with Crippen molar-refractivity contribution in [1.82, 2.24) is 19.9 Å². The Hall–Kier alpha value is -3.42. The lowest BCUT2D eigenvalue weighted by atomic mass is 10.0. The summed E-state index contributed by atoms with van der Waals surface area (Å²) in [6, 6.07) is 21.3. The van der Waals surface area contributed by atoms with E-state index in [4.69, 9.17) is 28.6 Å². The highest BCUT2D eigenvalue weighted by molar-refractivity contribution is 7.80. The van der Waals surface area contributed by atoms with Crippen LogP contribution in [0.3, 0.4) is 0 Å². The topological polar surface area (TPSA) is 55.2 Å². The fourth-order valence-electron chi connectivity index (χ4n) is 4.03. The van der Waals surface area contributed by atoms with Crippen LogP contribution in [0.5, 0.6) is 5.75 Å². The number of ether oxygens (including phenoxy) is 1. The molecule has 1 N–H and O–H groups in total. The number of rotatable bonds is 5. The van der Waals surface area contributed by atoms with Gasteiger partial charge in [-0.3, -0.25) is 4.98 Å². The van der Waals surface area contributed by atoms with Crippen LogP contribution in [0, 0.1) is 0 Å². The van der Waals surface area contributed by atoms with E-state index in [0.717, 1.165) is 28.6 Å². The third-order valence-electron chi connectivity index (χ3n) is 5.49. The summed E-state index contributed by atoms with van der Waals surface area (Å²) in [5.74, 6) is 1.57. The molecule has 0 amide bonds. The number of anilines is 1. The van der Waals surface area contributed by atoms with Gasteiger partial charge in [0, 0.05) is 30.0 Å². The second-order valence-electron chi connectivity index (χ2n) is 7.33. The summed E-state index contributed by atoms with van der Waals surface area (Å²) >= 11 is 11.9. The number of pyridine rings is 2. The van der Waals surface area contributed by atoms with Gasteiger partial charge < -0.3 is 19.5 Å². The van der Waals surface area contributed by atoms with E-state index in [0.29, 0.717) is 10.1 Å². The quantitative estimate of drug-likeness (QED) is 0.417. The van der Waals surface area contributed by atoms with E-state index in [1.54, 1.807) is 19.5 Å². The first kappa shape index (κ1) is 20.5. The largest absolute Gasteiger partial charge is 0.497 e. The monoisotopic (exact) mass is 461 g/mol. The highest BCUT2D eigenvalue weighted by atomic mass is 35.5. The number of benzene rings is 1. The van der Waals surface area contributed by atoms with E-state index in [9.17, 15) is 0 Å². The summed E-state index contributed by atoms with van der Waals surface area (Å²) in [4.78, 5) is 11.3. The Morgan fingerprint density at radius 1 is 1.00 bits per heavy atom. The normalized spacial score (nSPS) is 17.9. The molecule has 0 aliphatic carbocycles. The average Bonchev–Trinajstić information content (AvgIpc) is 3.44. The van der Waals surface area contributed by atoms with Gasteiger partial charge in [0.1, 0.15) is 17.6 Å². The number of methoxy groups -OCH3 is 1. The zero-order valence-electron chi connectivity index (χ0n) is 17.2. The molecule has 0 bridgehead atoms. The molecule has 2 atom stereocenters. The van der Waals surface area contributed by atoms with Crippen LogP contribution < -0.4 is 15.0 Å². The van der Waals surface area contributed by atoms with Gasteiger partial charge in [-0.25, -0.2) is 4.98 Å². The maximum atomic E-state index is 6.06.